The van der Waals surface area contributed by atoms with E-state index in [1.807, 2.05) is 0 Å². The lowest BCUT2D eigenvalue weighted by molar-refractivity contribution is 0.0695. The Balaban J connectivity index is 3.03. The number of aryl methyl sites for hydroxylation is 1. The minimum absolute atomic E-state index is 0.169. The summed E-state index contributed by atoms with van der Waals surface area (Å²) >= 11 is 0. The van der Waals surface area contributed by atoms with E-state index in [0.29, 0.717) is 0 Å². The van der Waals surface area contributed by atoms with Crippen LogP contribution in [0, 0.1) is 0 Å². The number of aromatic nitrogens is 3. The van der Waals surface area contributed by atoms with Crippen LogP contribution >= 0.6 is 0 Å². The van der Waals surface area contributed by atoms with Gasteiger partial charge in [-0.3, -0.25) is 19.4 Å². The topological polar surface area (TPSA) is 108 Å². The van der Waals surface area contributed by atoms with Gasteiger partial charge in [-0.25, -0.2) is 4.79 Å². The van der Waals surface area contributed by atoms with Gasteiger partial charge in [0.25, 0.3) is 5.56 Å². The normalized spacial score (nSPS) is 10.7. The molecule has 2 aromatic heterocycles. The summed E-state index contributed by atoms with van der Waals surface area (Å²) in [5.74, 6) is -1.36. The van der Waals surface area contributed by atoms with Crippen molar-refractivity contribution in [2.24, 2.45) is 7.05 Å². The highest BCUT2D eigenvalue weighted by atomic mass is 16.4. The smallest absolute Gasteiger partial charge is 0.341 e. The summed E-state index contributed by atoms with van der Waals surface area (Å²) in [6.07, 6.45) is 1.07. The van der Waals surface area contributed by atoms with E-state index in [9.17, 15) is 14.4 Å². The van der Waals surface area contributed by atoms with Gasteiger partial charge in [-0.1, -0.05) is 0 Å². The number of aromatic carboxylic acids is 1. The Morgan fingerprint density at radius 1 is 1.47 bits per heavy atom. The monoisotopic (exact) mass is 209 g/mol. The third-order valence-electron chi connectivity index (χ3n) is 2.12. The van der Waals surface area contributed by atoms with Crippen molar-refractivity contribution >= 4 is 17.0 Å². The Hall–Kier alpha value is -2.31. The number of aromatic amines is 2. The number of rotatable bonds is 1. The van der Waals surface area contributed by atoms with Gasteiger partial charge >= 0.3 is 5.97 Å². The molecule has 2 heterocycles. The van der Waals surface area contributed by atoms with E-state index in [-0.39, 0.29) is 11.0 Å². The van der Waals surface area contributed by atoms with Crippen LogP contribution < -0.4 is 11.0 Å². The Labute approximate surface area is 81.9 Å². The minimum atomic E-state index is -1.36. The fraction of sp³-hybridized carbons (Fsp3) is 0.125. The molecule has 7 heteroatoms. The zero-order chi connectivity index (χ0) is 11.2. The number of nitrogens with zero attached hydrogens (tertiary/aromatic N) is 1. The summed E-state index contributed by atoms with van der Waals surface area (Å²) in [6.45, 7) is 0. The van der Waals surface area contributed by atoms with Gasteiger partial charge < -0.3 is 10.1 Å². The molecule has 0 aliphatic rings. The Morgan fingerprint density at radius 2 is 2.13 bits per heavy atom. The molecule has 0 fully saturated rings. The van der Waals surface area contributed by atoms with Crippen LogP contribution in [0.25, 0.3) is 11.0 Å². The molecule has 0 saturated carbocycles. The average molecular weight is 209 g/mol. The Morgan fingerprint density at radius 3 is 2.73 bits per heavy atom. The van der Waals surface area contributed by atoms with Crippen molar-refractivity contribution in [2.45, 2.75) is 0 Å². The van der Waals surface area contributed by atoms with Crippen molar-refractivity contribution < 1.29 is 9.90 Å². The zero-order valence-corrected chi connectivity index (χ0v) is 7.70. The van der Waals surface area contributed by atoms with Gasteiger partial charge in [0.15, 0.2) is 0 Å². The maximum atomic E-state index is 11.6. The van der Waals surface area contributed by atoms with Crippen LogP contribution in [0.15, 0.2) is 15.8 Å². The molecule has 0 bridgehead atoms. The summed E-state index contributed by atoms with van der Waals surface area (Å²) in [5.41, 5.74) is -1.55. The molecule has 0 radical (unpaired) electrons. The minimum Gasteiger partial charge on any atom is -0.477 e. The second-order valence-electron chi connectivity index (χ2n) is 3.06. The van der Waals surface area contributed by atoms with E-state index in [1.54, 1.807) is 7.05 Å². The van der Waals surface area contributed by atoms with Crippen LogP contribution in [0.5, 0.6) is 0 Å². The second-order valence-corrected chi connectivity index (χ2v) is 3.06. The summed E-state index contributed by atoms with van der Waals surface area (Å²) < 4.78 is 1.32. The second kappa shape index (κ2) is 2.84. The number of fused-ring (bicyclic) bond motifs is 1. The number of H-pyrrole nitrogens is 2. The lowest BCUT2D eigenvalue weighted by atomic mass is 10.2. The van der Waals surface area contributed by atoms with Gasteiger partial charge in [0, 0.05) is 13.2 Å². The molecule has 0 aliphatic carbocycles. The van der Waals surface area contributed by atoms with E-state index in [0.717, 1.165) is 6.20 Å². The molecule has 7 nitrogen and oxygen atoms in total. The third kappa shape index (κ3) is 1.17. The number of pyridine rings is 1. The first kappa shape index (κ1) is 9.25. The van der Waals surface area contributed by atoms with Crippen molar-refractivity contribution in [1.29, 1.82) is 0 Å². The van der Waals surface area contributed by atoms with Crippen LogP contribution in [0.4, 0.5) is 0 Å². The first-order chi connectivity index (χ1) is 7.02. The molecule has 15 heavy (non-hydrogen) atoms. The summed E-state index contributed by atoms with van der Waals surface area (Å²) in [4.78, 5) is 36.1. The number of carboxylic acid groups (broad SMARTS) is 1. The highest BCUT2D eigenvalue weighted by Crippen LogP contribution is 2.01. The van der Waals surface area contributed by atoms with E-state index in [2.05, 4.69) is 10.1 Å². The van der Waals surface area contributed by atoms with Crippen LogP contribution in [0.3, 0.4) is 0 Å². The van der Waals surface area contributed by atoms with E-state index >= 15 is 0 Å². The van der Waals surface area contributed by atoms with Crippen molar-refractivity contribution in [2.75, 3.05) is 0 Å². The number of hydrogen-bond donors (Lipinski definition) is 3. The fourth-order valence-electron chi connectivity index (χ4n) is 1.42. The van der Waals surface area contributed by atoms with Gasteiger partial charge in [-0.2, -0.15) is 0 Å². The number of nitrogens with one attached hydrogen (secondary N) is 2. The molecule has 2 aromatic rings. The van der Waals surface area contributed by atoms with E-state index in [4.69, 9.17) is 5.11 Å². The molecule has 0 amide bonds. The van der Waals surface area contributed by atoms with Gasteiger partial charge in [-0.15, -0.1) is 0 Å². The average Bonchev–Trinajstić information content (AvgIpc) is 2.43. The van der Waals surface area contributed by atoms with E-state index in [1.165, 1.54) is 4.68 Å². The van der Waals surface area contributed by atoms with Crippen molar-refractivity contribution in [1.82, 2.24) is 14.8 Å². The lowest BCUT2D eigenvalue weighted by Gasteiger charge is -1.95. The fourth-order valence-corrected chi connectivity index (χ4v) is 1.42. The molecule has 78 valence electrons. The molecule has 3 N–H and O–H groups in total. The SMILES string of the molecule is Cn1[nH]c(=O)c2c(=O)c(C(=O)O)c[nH]c21. The number of hydrogen-bond acceptors (Lipinski definition) is 3. The molecule has 2 rings (SSSR count). The van der Waals surface area contributed by atoms with Crippen molar-refractivity contribution in [3.8, 4) is 0 Å². The summed E-state index contributed by atoms with van der Waals surface area (Å²) in [6, 6.07) is 0. The highest BCUT2D eigenvalue weighted by Gasteiger charge is 2.15. The largest absolute Gasteiger partial charge is 0.477 e. The standard InChI is InChI=1S/C8H7N3O4/c1-11-6-4(7(13)10-11)5(12)3(2-9-6)8(14)15/h2H,1H3,(H,9,12)(H,10,13)(H,14,15). The molecule has 0 spiro atoms. The van der Waals surface area contributed by atoms with Gasteiger partial charge in [0.1, 0.15) is 16.6 Å². The first-order valence-electron chi connectivity index (χ1n) is 4.06. The Kier molecular flexibility index (Phi) is 1.75. The lowest BCUT2D eigenvalue weighted by Crippen LogP contribution is -2.19. The maximum Gasteiger partial charge on any atom is 0.341 e. The molecular weight excluding hydrogens is 202 g/mol. The summed E-state index contributed by atoms with van der Waals surface area (Å²) in [5, 5.41) is 10.9. The van der Waals surface area contributed by atoms with Gasteiger partial charge in [0.2, 0.25) is 5.43 Å². The molecule has 0 saturated heterocycles. The molecule has 0 atom stereocenters. The molecule has 0 unspecified atom stereocenters. The maximum absolute atomic E-state index is 11.6. The van der Waals surface area contributed by atoms with Crippen LogP contribution in [0.1, 0.15) is 10.4 Å². The first-order valence-corrected chi connectivity index (χ1v) is 4.06. The third-order valence-corrected chi connectivity index (χ3v) is 2.12. The van der Waals surface area contributed by atoms with Crippen LogP contribution in [0.2, 0.25) is 0 Å². The predicted octanol–water partition coefficient (Wildman–Crippen LogP) is -0.747. The molecule has 0 aliphatic heterocycles. The molecule has 0 aromatic carbocycles. The number of carboxylic acids is 1. The molecular formula is C8H7N3O4. The highest BCUT2D eigenvalue weighted by molar-refractivity contribution is 5.91. The van der Waals surface area contributed by atoms with Gasteiger partial charge in [-0.05, 0) is 0 Å². The van der Waals surface area contributed by atoms with Crippen molar-refractivity contribution in [3.63, 3.8) is 0 Å². The predicted molar refractivity (Wildman–Crippen MR) is 51.1 cm³/mol. The quantitative estimate of drug-likeness (QED) is 0.574. The van der Waals surface area contributed by atoms with Crippen LogP contribution in [-0.2, 0) is 7.05 Å². The Bertz CT molecular complexity index is 661. The van der Waals surface area contributed by atoms with Crippen molar-refractivity contribution in [3.05, 3.63) is 32.3 Å². The van der Waals surface area contributed by atoms with E-state index < -0.39 is 22.5 Å². The zero-order valence-electron chi connectivity index (χ0n) is 7.70. The van der Waals surface area contributed by atoms with Crippen LogP contribution in [-0.4, -0.2) is 25.8 Å². The number of carbonyl (C=O) groups is 1. The van der Waals surface area contributed by atoms with Gasteiger partial charge in [0.05, 0.1) is 0 Å². The summed E-state index contributed by atoms with van der Waals surface area (Å²) in [7, 11) is 1.54.